The van der Waals surface area contributed by atoms with E-state index in [9.17, 15) is 0 Å². The summed E-state index contributed by atoms with van der Waals surface area (Å²) in [5.41, 5.74) is 2.01. The lowest BCUT2D eigenvalue weighted by Crippen LogP contribution is -2.26. The molecular weight excluding hydrogens is 208 g/mol. The molecule has 1 heterocycles. The molecule has 0 unspecified atom stereocenters. The monoisotopic (exact) mass is 224 g/mol. The highest BCUT2D eigenvalue weighted by atomic mass is 15.2. The van der Waals surface area contributed by atoms with Crippen LogP contribution in [0.4, 0.5) is 5.69 Å². The number of hydrogen-bond donors (Lipinski definition) is 0. The number of para-hydroxylation sites is 1. The van der Waals surface area contributed by atoms with Crippen LogP contribution in [0, 0.1) is 0 Å². The molecular formula is C15H16N2. The molecule has 86 valence electrons. The second kappa shape index (κ2) is 5.30. The van der Waals surface area contributed by atoms with Crippen molar-refractivity contribution in [1.29, 1.82) is 0 Å². The molecule has 0 aliphatic carbocycles. The fraction of sp³-hybridized carbons (Fsp3) is 0.133. The van der Waals surface area contributed by atoms with E-state index in [0.717, 1.165) is 17.2 Å². The van der Waals surface area contributed by atoms with Crippen LogP contribution in [0.25, 0.3) is 0 Å². The van der Waals surface area contributed by atoms with Crippen LogP contribution >= 0.6 is 0 Å². The average Bonchev–Trinajstić information content (AvgIpc) is 2.42. The Morgan fingerprint density at radius 1 is 1.18 bits per heavy atom. The predicted octanol–water partition coefficient (Wildman–Crippen LogP) is 3.55. The second-order valence-electron chi connectivity index (χ2n) is 3.84. The second-order valence-corrected chi connectivity index (χ2v) is 3.84. The highest BCUT2D eigenvalue weighted by molar-refractivity contribution is 5.99. The minimum atomic E-state index is 0.701. The Labute approximate surface area is 102 Å². The van der Waals surface area contributed by atoms with Gasteiger partial charge in [-0.05, 0) is 25.1 Å². The summed E-state index contributed by atoms with van der Waals surface area (Å²) in [5.74, 6) is 0.956. The van der Waals surface area contributed by atoms with E-state index in [2.05, 4.69) is 28.6 Å². The molecule has 0 bridgehead atoms. The number of aliphatic imine (C=N–C) groups is 1. The summed E-state index contributed by atoms with van der Waals surface area (Å²) in [6.45, 7) is 6.80. The maximum absolute atomic E-state index is 4.51. The first-order chi connectivity index (χ1) is 8.29. The van der Waals surface area contributed by atoms with Crippen LogP contribution in [-0.2, 0) is 0 Å². The lowest BCUT2D eigenvalue weighted by Gasteiger charge is -2.24. The number of hydrogen-bond acceptors (Lipinski definition) is 2. The van der Waals surface area contributed by atoms with Gasteiger partial charge >= 0.3 is 0 Å². The molecule has 0 N–H and O–H groups in total. The summed E-state index contributed by atoms with van der Waals surface area (Å²) in [4.78, 5) is 6.57. The van der Waals surface area contributed by atoms with Gasteiger partial charge in [0.15, 0.2) is 0 Å². The van der Waals surface area contributed by atoms with Crippen LogP contribution in [0.2, 0.25) is 0 Å². The summed E-state index contributed by atoms with van der Waals surface area (Å²) in [6, 6.07) is 10.2. The Kier molecular flexibility index (Phi) is 3.55. The first-order valence-electron chi connectivity index (χ1n) is 5.67. The molecule has 0 aromatic heterocycles. The van der Waals surface area contributed by atoms with Crippen molar-refractivity contribution >= 4 is 11.5 Å². The average molecular weight is 224 g/mol. The molecule has 0 radical (unpaired) electrons. The minimum Gasteiger partial charge on any atom is -0.300 e. The molecule has 17 heavy (non-hydrogen) atoms. The number of nitrogens with zero attached hydrogens (tertiary/aromatic N) is 2. The van der Waals surface area contributed by atoms with Gasteiger partial charge in [0.25, 0.3) is 0 Å². The number of amidine groups is 1. The van der Waals surface area contributed by atoms with E-state index < -0.39 is 0 Å². The number of allylic oxidation sites excluding steroid dienone is 3. The molecule has 2 heteroatoms. The van der Waals surface area contributed by atoms with Gasteiger partial charge in [-0.15, -0.1) is 0 Å². The van der Waals surface area contributed by atoms with Crippen molar-refractivity contribution in [3.63, 3.8) is 0 Å². The lowest BCUT2D eigenvalue weighted by molar-refractivity contribution is 1.17. The normalized spacial score (nSPS) is 19.9. The molecule has 0 fully saturated rings. The molecule has 0 amide bonds. The van der Waals surface area contributed by atoms with Crippen molar-refractivity contribution in [2.24, 2.45) is 4.99 Å². The molecule has 0 saturated heterocycles. The Morgan fingerprint density at radius 2 is 1.94 bits per heavy atom. The lowest BCUT2D eigenvalue weighted by atomic mass is 10.2. The summed E-state index contributed by atoms with van der Waals surface area (Å²) >= 11 is 0. The molecule has 0 saturated carbocycles. The highest BCUT2D eigenvalue weighted by Gasteiger charge is 2.11. The molecule has 0 atom stereocenters. The molecule has 1 aromatic rings. The van der Waals surface area contributed by atoms with E-state index in [-0.39, 0.29) is 0 Å². The quantitative estimate of drug-likeness (QED) is 0.712. The maximum atomic E-state index is 4.51. The smallest absolute Gasteiger partial charge is 0.105 e. The van der Waals surface area contributed by atoms with Crippen molar-refractivity contribution in [2.45, 2.75) is 6.92 Å². The van der Waals surface area contributed by atoms with Gasteiger partial charge in [0, 0.05) is 11.4 Å². The minimum absolute atomic E-state index is 0.701. The maximum Gasteiger partial charge on any atom is 0.105 e. The van der Waals surface area contributed by atoms with Crippen LogP contribution in [0.15, 0.2) is 71.9 Å². The van der Waals surface area contributed by atoms with E-state index in [1.807, 2.05) is 49.4 Å². The molecule has 1 aliphatic heterocycles. The fourth-order valence-corrected chi connectivity index (χ4v) is 1.77. The topological polar surface area (TPSA) is 15.6 Å². The van der Waals surface area contributed by atoms with Gasteiger partial charge in [-0.1, -0.05) is 43.0 Å². The molecule has 1 aliphatic rings. The highest BCUT2D eigenvalue weighted by Crippen LogP contribution is 2.20. The zero-order valence-electron chi connectivity index (χ0n) is 10.0. The molecule has 0 spiro atoms. The van der Waals surface area contributed by atoms with Crippen LogP contribution in [0.1, 0.15) is 6.92 Å². The van der Waals surface area contributed by atoms with Crippen molar-refractivity contribution in [3.8, 4) is 0 Å². The van der Waals surface area contributed by atoms with Crippen molar-refractivity contribution in [2.75, 3.05) is 11.4 Å². The van der Waals surface area contributed by atoms with Gasteiger partial charge in [-0.25, -0.2) is 0 Å². The summed E-state index contributed by atoms with van der Waals surface area (Å²) in [5, 5.41) is 0. The molecule has 2 nitrogen and oxygen atoms in total. The summed E-state index contributed by atoms with van der Waals surface area (Å²) in [7, 11) is 0. The van der Waals surface area contributed by atoms with E-state index in [1.165, 1.54) is 0 Å². The first-order valence-corrected chi connectivity index (χ1v) is 5.67. The van der Waals surface area contributed by atoms with Gasteiger partial charge in [-0.2, -0.15) is 0 Å². The van der Waals surface area contributed by atoms with Crippen LogP contribution in [-0.4, -0.2) is 12.4 Å². The standard InChI is InChI=1S/C15H16N2/c1-13-9-5-4-8-12-16-14(2)17(13)15-10-6-3-7-11-15/h3-11H,1,12H2,2H3/b8-4-,9-5-,16-14?. The van der Waals surface area contributed by atoms with E-state index in [4.69, 9.17) is 0 Å². The van der Waals surface area contributed by atoms with E-state index in [0.29, 0.717) is 6.54 Å². The van der Waals surface area contributed by atoms with Crippen LogP contribution in [0.5, 0.6) is 0 Å². The zero-order chi connectivity index (χ0) is 12.1. The molecule has 1 aromatic carbocycles. The SMILES string of the molecule is C=C1/C=C\C=C/CN=C(C)N1c1ccccc1. The Balaban J connectivity index is 2.41. The van der Waals surface area contributed by atoms with Crippen molar-refractivity contribution in [1.82, 2.24) is 0 Å². The Bertz CT molecular complexity index is 479. The van der Waals surface area contributed by atoms with Gasteiger partial charge < -0.3 is 0 Å². The number of anilines is 1. The third-order valence-corrected chi connectivity index (χ3v) is 2.59. The number of rotatable bonds is 1. The molecule has 2 rings (SSSR count). The first kappa shape index (κ1) is 11.4. The van der Waals surface area contributed by atoms with Gasteiger partial charge in [0.1, 0.15) is 5.84 Å². The fourth-order valence-electron chi connectivity index (χ4n) is 1.77. The zero-order valence-corrected chi connectivity index (χ0v) is 10.0. The van der Waals surface area contributed by atoms with Gasteiger partial charge in [0.05, 0.1) is 6.54 Å². The van der Waals surface area contributed by atoms with Crippen molar-refractivity contribution in [3.05, 3.63) is 66.9 Å². The number of benzene rings is 1. The predicted molar refractivity (Wildman–Crippen MR) is 74.3 cm³/mol. The Morgan fingerprint density at radius 3 is 2.71 bits per heavy atom. The summed E-state index contributed by atoms with van der Waals surface area (Å²) < 4.78 is 0. The van der Waals surface area contributed by atoms with Gasteiger partial charge in [-0.3, -0.25) is 9.89 Å². The van der Waals surface area contributed by atoms with Crippen molar-refractivity contribution < 1.29 is 0 Å². The van der Waals surface area contributed by atoms with Crippen LogP contribution in [0.3, 0.4) is 0 Å². The Hall–Kier alpha value is -2.09. The van der Waals surface area contributed by atoms with E-state index >= 15 is 0 Å². The largest absolute Gasteiger partial charge is 0.300 e. The summed E-state index contributed by atoms with van der Waals surface area (Å²) in [6.07, 6.45) is 8.01. The van der Waals surface area contributed by atoms with E-state index in [1.54, 1.807) is 0 Å². The van der Waals surface area contributed by atoms with Crippen LogP contribution < -0.4 is 4.90 Å². The third-order valence-electron chi connectivity index (χ3n) is 2.59. The van der Waals surface area contributed by atoms with Gasteiger partial charge in [0.2, 0.25) is 0 Å². The third kappa shape index (κ3) is 2.72.